The average Bonchev–Trinajstić information content (AvgIpc) is 2.91. The van der Waals surface area contributed by atoms with E-state index in [0.29, 0.717) is 31.9 Å². The highest BCUT2D eigenvalue weighted by Crippen LogP contribution is 2.11. The zero-order valence-electron chi connectivity index (χ0n) is 15.0. The van der Waals surface area contributed by atoms with Gasteiger partial charge in [0.2, 0.25) is 0 Å². The van der Waals surface area contributed by atoms with Gasteiger partial charge in [0.25, 0.3) is 0 Å². The molecule has 0 spiro atoms. The van der Waals surface area contributed by atoms with Crippen molar-refractivity contribution in [2.75, 3.05) is 30.3 Å². The van der Waals surface area contributed by atoms with Gasteiger partial charge in [0.15, 0.2) is 25.6 Å². The summed E-state index contributed by atoms with van der Waals surface area (Å²) in [6.07, 6.45) is 0.993. The number of sulfone groups is 2. The van der Waals surface area contributed by atoms with E-state index in [-0.39, 0.29) is 29.1 Å². The minimum atomic E-state index is -3.17. The molecule has 0 aliphatic carbocycles. The summed E-state index contributed by atoms with van der Waals surface area (Å²) >= 11 is 0. The lowest BCUT2D eigenvalue weighted by molar-refractivity contribution is 0.591. The molecule has 1 unspecified atom stereocenters. The van der Waals surface area contributed by atoms with Crippen LogP contribution in [0.2, 0.25) is 0 Å². The Kier molecular flexibility index (Phi) is 7.45. The van der Waals surface area contributed by atoms with E-state index in [0.717, 1.165) is 5.56 Å². The molecule has 1 saturated heterocycles. The van der Waals surface area contributed by atoms with Gasteiger partial charge < -0.3 is 10.6 Å². The Morgan fingerprint density at radius 1 is 1.27 bits per heavy atom. The Morgan fingerprint density at radius 2 is 2.00 bits per heavy atom. The lowest BCUT2D eigenvalue weighted by Gasteiger charge is -2.15. The van der Waals surface area contributed by atoms with Crippen molar-refractivity contribution in [3.8, 4) is 0 Å². The average molecular weight is 402 g/mol. The normalized spacial score (nSPS) is 20.0. The first kappa shape index (κ1) is 20.7. The second-order valence-corrected chi connectivity index (χ2v) is 10.8. The standard InChI is InChI=1S/C17H27N3O4S2/c1-2-18-17(20-16-9-12-26(23,24)14-16)19-10-6-11-25(21,22)13-15-7-4-3-5-8-15/h3-5,7-8,16H,2,6,9-14H2,1H3,(H2,18,19,20). The maximum absolute atomic E-state index is 12.2. The quantitative estimate of drug-likeness (QED) is 0.378. The van der Waals surface area contributed by atoms with Gasteiger partial charge in [-0.2, -0.15) is 0 Å². The zero-order chi connectivity index (χ0) is 19.0. The minimum absolute atomic E-state index is 0.0375. The van der Waals surface area contributed by atoms with Crippen molar-refractivity contribution in [1.29, 1.82) is 0 Å². The second kappa shape index (κ2) is 9.36. The highest BCUT2D eigenvalue weighted by Gasteiger charge is 2.28. The van der Waals surface area contributed by atoms with Crippen molar-refractivity contribution in [2.24, 2.45) is 4.99 Å². The molecule has 1 aliphatic heterocycles. The van der Waals surface area contributed by atoms with Crippen molar-refractivity contribution < 1.29 is 16.8 Å². The van der Waals surface area contributed by atoms with E-state index in [2.05, 4.69) is 15.6 Å². The predicted octanol–water partition coefficient (Wildman–Crippen LogP) is 0.734. The van der Waals surface area contributed by atoms with Crippen LogP contribution in [0.3, 0.4) is 0 Å². The van der Waals surface area contributed by atoms with E-state index < -0.39 is 19.7 Å². The van der Waals surface area contributed by atoms with E-state index >= 15 is 0 Å². The van der Waals surface area contributed by atoms with Gasteiger partial charge in [0.05, 0.1) is 23.0 Å². The smallest absolute Gasteiger partial charge is 0.191 e. The van der Waals surface area contributed by atoms with Crippen LogP contribution in [0.15, 0.2) is 35.3 Å². The number of aliphatic imine (C=N–C) groups is 1. The maximum atomic E-state index is 12.2. The van der Waals surface area contributed by atoms with E-state index in [1.807, 2.05) is 25.1 Å². The Labute approximate surface area is 156 Å². The summed E-state index contributed by atoms with van der Waals surface area (Å²) in [4.78, 5) is 4.37. The van der Waals surface area contributed by atoms with Crippen LogP contribution < -0.4 is 10.6 Å². The first-order valence-electron chi connectivity index (χ1n) is 8.79. The third-order valence-electron chi connectivity index (χ3n) is 4.03. The molecule has 0 saturated carbocycles. The van der Waals surface area contributed by atoms with Crippen LogP contribution in [0.1, 0.15) is 25.3 Å². The van der Waals surface area contributed by atoms with E-state index in [9.17, 15) is 16.8 Å². The molecule has 146 valence electrons. The van der Waals surface area contributed by atoms with Crippen molar-refractivity contribution in [2.45, 2.75) is 31.6 Å². The summed E-state index contributed by atoms with van der Waals surface area (Å²) in [5.74, 6) is 0.957. The van der Waals surface area contributed by atoms with E-state index in [4.69, 9.17) is 0 Å². The summed E-state index contributed by atoms with van der Waals surface area (Å²) in [7, 11) is -6.13. The van der Waals surface area contributed by atoms with Gasteiger partial charge in [-0.1, -0.05) is 30.3 Å². The number of hydrogen-bond acceptors (Lipinski definition) is 5. The zero-order valence-corrected chi connectivity index (χ0v) is 16.7. The van der Waals surface area contributed by atoms with Gasteiger partial charge >= 0.3 is 0 Å². The highest BCUT2D eigenvalue weighted by molar-refractivity contribution is 7.91. The molecule has 0 bridgehead atoms. The molecule has 1 atom stereocenters. The molecule has 0 amide bonds. The SMILES string of the molecule is CCNC(=NCCCS(=O)(=O)Cc1ccccc1)NC1CCS(=O)(=O)C1. The Hall–Kier alpha value is -1.61. The molecule has 26 heavy (non-hydrogen) atoms. The van der Waals surface area contributed by atoms with Crippen LogP contribution in [-0.4, -0.2) is 59.2 Å². The van der Waals surface area contributed by atoms with Gasteiger partial charge in [-0.05, 0) is 25.3 Å². The monoisotopic (exact) mass is 401 g/mol. The minimum Gasteiger partial charge on any atom is -0.357 e. The fourth-order valence-electron chi connectivity index (χ4n) is 2.80. The molecular weight excluding hydrogens is 374 g/mol. The summed E-state index contributed by atoms with van der Waals surface area (Å²) in [6.45, 7) is 2.94. The first-order valence-corrected chi connectivity index (χ1v) is 12.4. The largest absolute Gasteiger partial charge is 0.357 e. The number of hydrogen-bond donors (Lipinski definition) is 2. The van der Waals surface area contributed by atoms with Gasteiger partial charge in [-0.25, -0.2) is 16.8 Å². The number of rotatable bonds is 8. The third-order valence-corrected chi connectivity index (χ3v) is 7.48. The fourth-order valence-corrected chi connectivity index (χ4v) is 5.88. The van der Waals surface area contributed by atoms with Gasteiger partial charge in [-0.3, -0.25) is 4.99 Å². The molecule has 1 aromatic carbocycles. The molecule has 2 rings (SSSR count). The van der Waals surface area contributed by atoms with Crippen LogP contribution in [-0.2, 0) is 25.4 Å². The molecule has 1 heterocycles. The Balaban J connectivity index is 1.82. The van der Waals surface area contributed by atoms with Gasteiger partial charge in [0.1, 0.15) is 0 Å². The number of nitrogens with zero attached hydrogens (tertiary/aromatic N) is 1. The van der Waals surface area contributed by atoms with Crippen molar-refractivity contribution in [3.05, 3.63) is 35.9 Å². The lowest BCUT2D eigenvalue weighted by Crippen LogP contribution is -2.44. The van der Waals surface area contributed by atoms with Crippen LogP contribution in [0.4, 0.5) is 0 Å². The second-order valence-electron chi connectivity index (χ2n) is 6.44. The van der Waals surface area contributed by atoms with Crippen molar-refractivity contribution in [1.82, 2.24) is 10.6 Å². The molecule has 1 fully saturated rings. The molecular formula is C17H27N3O4S2. The van der Waals surface area contributed by atoms with Crippen LogP contribution in [0.25, 0.3) is 0 Å². The lowest BCUT2D eigenvalue weighted by atomic mass is 10.2. The number of nitrogens with one attached hydrogen (secondary N) is 2. The molecule has 1 aromatic rings. The first-order chi connectivity index (χ1) is 12.3. The molecule has 7 nitrogen and oxygen atoms in total. The molecule has 0 aromatic heterocycles. The van der Waals surface area contributed by atoms with E-state index in [1.165, 1.54) is 0 Å². The third kappa shape index (κ3) is 7.33. The van der Waals surface area contributed by atoms with Crippen LogP contribution in [0.5, 0.6) is 0 Å². The highest BCUT2D eigenvalue weighted by atomic mass is 32.2. The molecule has 0 radical (unpaired) electrons. The number of benzene rings is 1. The summed E-state index contributed by atoms with van der Waals surface area (Å²) in [5, 5.41) is 6.19. The van der Waals surface area contributed by atoms with Crippen LogP contribution >= 0.6 is 0 Å². The van der Waals surface area contributed by atoms with Gasteiger partial charge in [-0.15, -0.1) is 0 Å². The fraction of sp³-hybridized carbons (Fsp3) is 0.588. The Morgan fingerprint density at radius 3 is 2.62 bits per heavy atom. The molecule has 1 aliphatic rings. The summed E-state index contributed by atoms with van der Waals surface area (Å²) in [6, 6.07) is 8.98. The van der Waals surface area contributed by atoms with Gasteiger partial charge in [0, 0.05) is 19.1 Å². The maximum Gasteiger partial charge on any atom is 0.191 e. The van der Waals surface area contributed by atoms with Crippen molar-refractivity contribution in [3.63, 3.8) is 0 Å². The van der Waals surface area contributed by atoms with Crippen LogP contribution in [0, 0.1) is 0 Å². The number of guanidine groups is 1. The molecule has 9 heteroatoms. The molecule has 2 N–H and O–H groups in total. The predicted molar refractivity (Wildman–Crippen MR) is 105 cm³/mol. The Bertz CT molecular complexity index is 806. The summed E-state index contributed by atoms with van der Waals surface area (Å²) < 4.78 is 47.4. The van der Waals surface area contributed by atoms with Crippen molar-refractivity contribution >= 4 is 25.6 Å². The topological polar surface area (TPSA) is 105 Å². The van der Waals surface area contributed by atoms with E-state index in [1.54, 1.807) is 12.1 Å². The summed E-state index contributed by atoms with van der Waals surface area (Å²) in [5.41, 5.74) is 0.786.